The lowest BCUT2D eigenvalue weighted by Crippen LogP contribution is -2.45. The maximum Gasteiger partial charge on any atom is 0.248 e. The second-order valence-corrected chi connectivity index (χ2v) is 9.94. The highest BCUT2D eigenvalue weighted by atomic mass is 35.5. The van der Waals surface area contributed by atoms with Gasteiger partial charge in [0.2, 0.25) is 15.9 Å². The molecule has 3 rings (SSSR count). The normalized spacial score (nSPS) is 12.2. The maximum absolute atomic E-state index is 13.1. The molecule has 0 aliphatic heterocycles. The zero-order valence-electron chi connectivity index (χ0n) is 17.7. The molecule has 3 aromatic rings. The Labute approximate surface area is 197 Å². The Kier molecular flexibility index (Phi) is 7.33. The number of hydrogen-bond donors (Lipinski definition) is 1. The number of nitrogens with zero attached hydrogens (tertiary/aromatic N) is 1. The van der Waals surface area contributed by atoms with Crippen LogP contribution in [0.1, 0.15) is 12.5 Å². The second-order valence-electron chi connectivity index (χ2n) is 7.21. The Morgan fingerprint density at radius 2 is 1.62 bits per heavy atom. The van der Waals surface area contributed by atoms with E-state index in [1.807, 2.05) is 18.2 Å². The van der Waals surface area contributed by atoms with Crippen molar-refractivity contribution in [3.8, 4) is 11.5 Å². The molecule has 32 heavy (non-hydrogen) atoms. The van der Waals surface area contributed by atoms with Crippen LogP contribution in [0.5, 0.6) is 11.5 Å². The summed E-state index contributed by atoms with van der Waals surface area (Å²) in [6.45, 7) is 3.25. The molecule has 0 saturated heterocycles. The standard InChI is InChI=1S/C23H22Cl2N2O4S/c1-15-9-10-18(25)14-21(15)27(32(3,29)30)16(2)23(28)26-20-13-17(24)11-12-22(20)31-19-7-5-4-6-8-19/h4-14,16H,1-3H3,(H,26,28)/t16-/m0/s1. The van der Waals surface area contributed by atoms with Gasteiger partial charge in [0, 0.05) is 10.0 Å². The summed E-state index contributed by atoms with van der Waals surface area (Å²) in [5, 5.41) is 3.49. The lowest BCUT2D eigenvalue weighted by molar-refractivity contribution is -0.116. The van der Waals surface area contributed by atoms with Gasteiger partial charge < -0.3 is 10.1 Å². The molecule has 0 unspecified atom stereocenters. The average molecular weight is 493 g/mol. The van der Waals surface area contributed by atoms with Gasteiger partial charge in [0.15, 0.2) is 5.75 Å². The minimum Gasteiger partial charge on any atom is -0.455 e. The molecule has 0 heterocycles. The van der Waals surface area contributed by atoms with Crippen LogP contribution in [0.25, 0.3) is 0 Å². The van der Waals surface area contributed by atoms with Crippen molar-refractivity contribution in [1.82, 2.24) is 0 Å². The van der Waals surface area contributed by atoms with Crippen molar-refractivity contribution in [2.24, 2.45) is 0 Å². The largest absolute Gasteiger partial charge is 0.455 e. The number of carbonyl (C=O) groups is 1. The van der Waals surface area contributed by atoms with Crippen molar-refractivity contribution in [2.45, 2.75) is 19.9 Å². The van der Waals surface area contributed by atoms with E-state index in [2.05, 4.69) is 5.32 Å². The van der Waals surface area contributed by atoms with Crippen LogP contribution in [-0.4, -0.2) is 26.6 Å². The Hall–Kier alpha value is -2.74. The Bertz CT molecular complexity index is 1230. The molecule has 6 nitrogen and oxygen atoms in total. The fourth-order valence-corrected chi connectivity index (χ4v) is 4.71. The molecule has 3 aromatic carbocycles. The third-order valence-corrected chi connectivity index (χ3v) is 6.37. The zero-order valence-corrected chi connectivity index (χ0v) is 20.0. The molecule has 1 N–H and O–H groups in total. The molecule has 0 radical (unpaired) electrons. The smallest absolute Gasteiger partial charge is 0.248 e. The molecule has 1 atom stereocenters. The highest BCUT2D eigenvalue weighted by Gasteiger charge is 2.31. The van der Waals surface area contributed by atoms with E-state index in [1.165, 1.54) is 13.0 Å². The van der Waals surface area contributed by atoms with Crippen molar-refractivity contribution in [3.05, 3.63) is 82.3 Å². The Balaban J connectivity index is 1.93. The SMILES string of the molecule is Cc1ccc(Cl)cc1N([C@@H](C)C(=O)Nc1cc(Cl)ccc1Oc1ccccc1)S(C)(=O)=O. The average Bonchev–Trinajstić information content (AvgIpc) is 2.72. The molecule has 168 valence electrons. The van der Waals surface area contributed by atoms with E-state index < -0.39 is 22.0 Å². The molecule has 0 aromatic heterocycles. The van der Waals surface area contributed by atoms with Crippen molar-refractivity contribution in [1.29, 1.82) is 0 Å². The van der Waals surface area contributed by atoms with Crippen LogP contribution >= 0.6 is 23.2 Å². The molecule has 0 fully saturated rings. The molecule has 0 spiro atoms. The monoisotopic (exact) mass is 492 g/mol. The highest BCUT2D eigenvalue weighted by Crippen LogP contribution is 2.33. The molecule has 0 bridgehead atoms. The maximum atomic E-state index is 13.1. The zero-order chi connectivity index (χ0) is 23.5. The summed E-state index contributed by atoms with van der Waals surface area (Å²) < 4.78 is 32.1. The van der Waals surface area contributed by atoms with Gasteiger partial charge >= 0.3 is 0 Å². The first-order valence-corrected chi connectivity index (χ1v) is 12.3. The van der Waals surface area contributed by atoms with Crippen molar-refractivity contribution in [2.75, 3.05) is 15.9 Å². The number of anilines is 2. The van der Waals surface area contributed by atoms with E-state index >= 15 is 0 Å². The highest BCUT2D eigenvalue weighted by molar-refractivity contribution is 7.92. The van der Waals surface area contributed by atoms with Crippen molar-refractivity contribution >= 4 is 50.5 Å². The van der Waals surface area contributed by atoms with Gasteiger partial charge in [-0.3, -0.25) is 9.10 Å². The fourth-order valence-electron chi connectivity index (χ4n) is 3.14. The molecule has 0 saturated carbocycles. The molecule has 0 aliphatic rings. The number of para-hydroxylation sites is 1. The number of aryl methyl sites for hydroxylation is 1. The van der Waals surface area contributed by atoms with Crippen LogP contribution in [0.2, 0.25) is 10.0 Å². The van der Waals surface area contributed by atoms with Crippen LogP contribution in [0, 0.1) is 6.92 Å². The predicted molar refractivity (Wildman–Crippen MR) is 130 cm³/mol. The summed E-state index contributed by atoms with van der Waals surface area (Å²) in [5.41, 5.74) is 1.30. The number of rotatable bonds is 7. The topological polar surface area (TPSA) is 75.7 Å². The summed E-state index contributed by atoms with van der Waals surface area (Å²) >= 11 is 12.2. The number of carbonyl (C=O) groups excluding carboxylic acids is 1. The first kappa shape index (κ1) is 23.9. The summed E-state index contributed by atoms with van der Waals surface area (Å²) in [5.74, 6) is 0.381. The van der Waals surface area contributed by atoms with Crippen LogP contribution in [-0.2, 0) is 14.8 Å². The van der Waals surface area contributed by atoms with E-state index in [1.54, 1.807) is 49.4 Å². The molecular weight excluding hydrogens is 471 g/mol. The van der Waals surface area contributed by atoms with Crippen LogP contribution in [0.3, 0.4) is 0 Å². The summed E-state index contributed by atoms with van der Waals surface area (Å²) in [7, 11) is -3.80. The predicted octanol–water partition coefficient (Wildman–Crippen LogP) is 5.89. The molecule has 0 aliphatic carbocycles. The van der Waals surface area contributed by atoms with Crippen LogP contribution < -0.4 is 14.4 Å². The van der Waals surface area contributed by atoms with Gasteiger partial charge in [0.1, 0.15) is 11.8 Å². The third-order valence-electron chi connectivity index (χ3n) is 4.67. The number of amides is 1. The summed E-state index contributed by atoms with van der Waals surface area (Å²) in [6.07, 6.45) is 1.04. The van der Waals surface area contributed by atoms with Gasteiger partial charge in [0.25, 0.3) is 0 Å². The van der Waals surface area contributed by atoms with Gasteiger partial charge in [-0.25, -0.2) is 8.42 Å². The molecule has 1 amide bonds. The van der Waals surface area contributed by atoms with E-state index in [-0.39, 0.29) is 0 Å². The molecular formula is C23H22Cl2N2O4S. The van der Waals surface area contributed by atoms with Gasteiger partial charge in [-0.15, -0.1) is 0 Å². The summed E-state index contributed by atoms with van der Waals surface area (Å²) in [4.78, 5) is 13.1. The fraction of sp³-hybridized carbons (Fsp3) is 0.174. The Morgan fingerprint density at radius 1 is 1.00 bits per heavy atom. The number of sulfonamides is 1. The van der Waals surface area contributed by atoms with Gasteiger partial charge in [0.05, 0.1) is 17.6 Å². The number of benzene rings is 3. The van der Waals surface area contributed by atoms with Gasteiger partial charge in [-0.05, 0) is 61.9 Å². The quantitative estimate of drug-likeness (QED) is 0.446. The number of ether oxygens (including phenoxy) is 1. The van der Waals surface area contributed by atoms with Crippen molar-refractivity contribution in [3.63, 3.8) is 0 Å². The summed E-state index contributed by atoms with van der Waals surface area (Å²) in [6, 6.07) is 17.7. The first-order valence-electron chi connectivity index (χ1n) is 9.65. The lowest BCUT2D eigenvalue weighted by atomic mass is 10.1. The minimum atomic E-state index is -3.80. The minimum absolute atomic E-state index is 0.314. The van der Waals surface area contributed by atoms with Crippen molar-refractivity contribution < 1.29 is 17.9 Å². The van der Waals surface area contributed by atoms with E-state index in [4.69, 9.17) is 27.9 Å². The van der Waals surface area contributed by atoms with E-state index in [0.717, 1.165) is 10.6 Å². The number of halogens is 2. The van der Waals surface area contributed by atoms with Crippen LogP contribution in [0.15, 0.2) is 66.7 Å². The molecule has 9 heteroatoms. The van der Waals surface area contributed by atoms with Gasteiger partial charge in [-0.1, -0.05) is 47.5 Å². The van der Waals surface area contributed by atoms with Crippen LogP contribution in [0.4, 0.5) is 11.4 Å². The number of hydrogen-bond acceptors (Lipinski definition) is 4. The van der Waals surface area contributed by atoms with E-state index in [9.17, 15) is 13.2 Å². The lowest BCUT2D eigenvalue weighted by Gasteiger charge is -2.29. The first-order chi connectivity index (χ1) is 15.1. The second kappa shape index (κ2) is 9.81. The third kappa shape index (κ3) is 5.73. The number of nitrogens with one attached hydrogen (secondary N) is 1. The van der Waals surface area contributed by atoms with Gasteiger partial charge in [-0.2, -0.15) is 0 Å². The Morgan fingerprint density at radius 3 is 2.28 bits per heavy atom. The van der Waals surface area contributed by atoms with E-state index in [0.29, 0.717) is 38.5 Å².